The van der Waals surface area contributed by atoms with Crippen LogP contribution in [0.1, 0.15) is 110 Å². The van der Waals surface area contributed by atoms with Gasteiger partial charge in [0.25, 0.3) is 5.91 Å². The highest BCUT2D eigenvalue weighted by Gasteiger charge is 2.44. The van der Waals surface area contributed by atoms with Crippen molar-refractivity contribution in [3.05, 3.63) is 53.3 Å². The molecule has 1 aromatic carbocycles. The van der Waals surface area contributed by atoms with Crippen LogP contribution in [0.15, 0.2) is 36.4 Å². The van der Waals surface area contributed by atoms with E-state index in [1.54, 1.807) is 51.5 Å². The van der Waals surface area contributed by atoms with Crippen LogP contribution in [0.5, 0.6) is 0 Å². The van der Waals surface area contributed by atoms with Crippen LogP contribution in [-0.2, 0) is 39.8 Å². The highest BCUT2D eigenvalue weighted by atomic mass is 16.6. The number of likely N-dealkylation sites (tertiary alicyclic amines) is 1. The Morgan fingerprint density at radius 3 is 2.17 bits per heavy atom. The van der Waals surface area contributed by atoms with Crippen molar-refractivity contribution >= 4 is 41.6 Å². The molecule has 0 aliphatic carbocycles. The maximum absolute atomic E-state index is 14.5. The maximum atomic E-state index is 14.5. The second-order valence-corrected chi connectivity index (χ2v) is 18.6. The number of carboxylic acid groups (broad SMARTS) is 1. The zero-order chi connectivity index (χ0) is 48.8. The molecule has 1 aliphatic rings. The monoisotopic (exact) mass is 911 g/mol. The van der Waals surface area contributed by atoms with E-state index in [2.05, 4.69) is 31.2 Å². The van der Waals surface area contributed by atoms with E-state index in [0.717, 1.165) is 5.56 Å². The van der Waals surface area contributed by atoms with Gasteiger partial charge in [-0.05, 0) is 70.9 Å². The molecule has 0 unspecified atom stereocenters. The Hall–Kier alpha value is -5.36. The lowest BCUT2D eigenvalue weighted by Crippen LogP contribution is -2.58. The number of ether oxygens (including phenoxy) is 3. The maximum Gasteiger partial charge on any atom is 0.407 e. The molecule has 18 nitrogen and oxygen atoms in total. The molecule has 65 heavy (non-hydrogen) atoms. The molecule has 0 bridgehead atoms. The molecule has 5 amide bonds. The first kappa shape index (κ1) is 54.0. The van der Waals surface area contributed by atoms with Gasteiger partial charge in [-0.15, -0.1) is 0 Å². The molecule has 1 saturated heterocycles. The standard InChI is InChI=1S/C47H74N8O10/c1-14-29(4)38(54(11)42(59)37(28(2)3)52-44-50-30(5)25-33(51-44)41(58)48-22-23-49-45(62)65-46(7,8)9)35(63-12)26-36(56)55-24-18-21-34(55)39(64-13)31(6)40(57)53-47(10,43(60)61)27-32-19-16-15-17-20-32/h15-17,19-20,25,28-29,31,34-35,37-39H,14,18,21-24,26-27H2,1-13H3,(H,48,58)(H,49,62)(H,53,57)(H,60,61)(H,50,51,52)/t29-,31+,34-,35+,37-,38-,39+,47-/m0/s1. The number of methoxy groups -OCH3 is 2. The van der Waals surface area contributed by atoms with Crippen LogP contribution in [-0.4, -0.2) is 143 Å². The van der Waals surface area contributed by atoms with Crippen LogP contribution in [0.3, 0.4) is 0 Å². The predicted molar refractivity (Wildman–Crippen MR) is 246 cm³/mol. The average molecular weight is 911 g/mol. The van der Waals surface area contributed by atoms with E-state index in [1.165, 1.54) is 27.2 Å². The third-order valence-corrected chi connectivity index (χ3v) is 11.9. The van der Waals surface area contributed by atoms with E-state index >= 15 is 0 Å². The molecule has 362 valence electrons. The number of nitrogens with zero attached hydrogens (tertiary/aromatic N) is 4. The summed E-state index contributed by atoms with van der Waals surface area (Å²) in [4.78, 5) is 92.5. The first-order valence-corrected chi connectivity index (χ1v) is 22.5. The number of nitrogens with one attached hydrogen (secondary N) is 4. The van der Waals surface area contributed by atoms with Gasteiger partial charge in [-0.3, -0.25) is 19.2 Å². The van der Waals surface area contributed by atoms with Crippen molar-refractivity contribution in [2.24, 2.45) is 17.8 Å². The minimum absolute atomic E-state index is 0.0582. The summed E-state index contributed by atoms with van der Waals surface area (Å²) in [5.74, 6) is -3.76. The third kappa shape index (κ3) is 15.4. The summed E-state index contributed by atoms with van der Waals surface area (Å²) in [6.07, 6.45) is -0.111. The average Bonchev–Trinajstić information content (AvgIpc) is 3.72. The summed E-state index contributed by atoms with van der Waals surface area (Å²) in [7, 11) is 4.70. The number of aryl methyl sites for hydroxylation is 1. The molecule has 0 saturated carbocycles. The third-order valence-electron chi connectivity index (χ3n) is 11.9. The number of rotatable bonds is 23. The fourth-order valence-corrected chi connectivity index (χ4v) is 8.24. The Morgan fingerprint density at radius 2 is 1.60 bits per heavy atom. The number of carboxylic acids is 1. The van der Waals surface area contributed by atoms with Gasteiger partial charge in [-0.2, -0.15) is 0 Å². The number of carbonyl (C=O) groups excluding carboxylic acids is 5. The fraction of sp³-hybridized carbons (Fsp3) is 0.660. The molecular weight excluding hydrogens is 837 g/mol. The molecule has 8 atom stereocenters. The number of anilines is 1. The van der Waals surface area contributed by atoms with Crippen molar-refractivity contribution in [2.45, 2.75) is 143 Å². The Labute approximate surface area is 384 Å². The lowest BCUT2D eigenvalue weighted by atomic mass is 9.89. The first-order chi connectivity index (χ1) is 30.5. The molecule has 2 aromatic rings. The van der Waals surface area contributed by atoms with E-state index in [0.29, 0.717) is 31.5 Å². The topological polar surface area (TPSA) is 231 Å². The fourth-order valence-electron chi connectivity index (χ4n) is 8.24. The summed E-state index contributed by atoms with van der Waals surface area (Å²) >= 11 is 0. The number of aromatic nitrogens is 2. The van der Waals surface area contributed by atoms with Crippen LogP contribution >= 0.6 is 0 Å². The molecule has 0 radical (unpaired) electrons. The number of amides is 5. The highest BCUT2D eigenvalue weighted by molar-refractivity contribution is 5.93. The lowest BCUT2D eigenvalue weighted by molar-refractivity contribution is -0.150. The zero-order valence-corrected chi connectivity index (χ0v) is 40.7. The number of likely N-dealkylation sites (N-methyl/N-ethyl adjacent to an activating group) is 1. The van der Waals surface area contributed by atoms with Gasteiger partial charge in [0.05, 0.1) is 36.6 Å². The van der Waals surface area contributed by atoms with E-state index in [-0.39, 0.29) is 61.2 Å². The van der Waals surface area contributed by atoms with Crippen LogP contribution in [0.4, 0.5) is 10.7 Å². The summed E-state index contributed by atoms with van der Waals surface area (Å²) in [6, 6.07) is 8.76. The Balaban J connectivity index is 1.76. The largest absolute Gasteiger partial charge is 0.480 e. The molecule has 2 heterocycles. The molecule has 18 heteroatoms. The minimum Gasteiger partial charge on any atom is -0.480 e. The molecule has 1 aromatic heterocycles. The van der Waals surface area contributed by atoms with E-state index in [9.17, 15) is 33.9 Å². The first-order valence-electron chi connectivity index (χ1n) is 22.5. The highest BCUT2D eigenvalue weighted by Crippen LogP contribution is 2.30. The van der Waals surface area contributed by atoms with Gasteiger partial charge < -0.3 is 50.4 Å². The lowest BCUT2D eigenvalue weighted by Gasteiger charge is -2.41. The normalized spacial score (nSPS) is 17.7. The second-order valence-electron chi connectivity index (χ2n) is 18.6. The number of carbonyl (C=O) groups is 6. The second kappa shape index (κ2) is 24.2. The number of hydrogen-bond acceptors (Lipinski definition) is 12. The van der Waals surface area contributed by atoms with Gasteiger partial charge in [-0.1, -0.05) is 71.4 Å². The molecule has 1 aliphatic heterocycles. The number of hydrogen-bond donors (Lipinski definition) is 5. The minimum atomic E-state index is -1.59. The molecular formula is C47H74N8O10. The van der Waals surface area contributed by atoms with Crippen LogP contribution < -0.4 is 21.3 Å². The van der Waals surface area contributed by atoms with Gasteiger partial charge >= 0.3 is 12.1 Å². The van der Waals surface area contributed by atoms with E-state index in [4.69, 9.17) is 14.2 Å². The van der Waals surface area contributed by atoms with Crippen LogP contribution in [0.25, 0.3) is 0 Å². The zero-order valence-electron chi connectivity index (χ0n) is 40.7. The van der Waals surface area contributed by atoms with Gasteiger partial charge in [0.1, 0.15) is 22.9 Å². The van der Waals surface area contributed by atoms with Gasteiger partial charge in [-0.25, -0.2) is 19.6 Å². The predicted octanol–water partition coefficient (Wildman–Crippen LogP) is 4.60. The van der Waals surface area contributed by atoms with Crippen molar-refractivity contribution in [1.82, 2.24) is 35.7 Å². The molecule has 0 spiro atoms. The summed E-state index contributed by atoms with van der Waals surface area (Å²) in [5, 5.41) is 21.4. The molecule has 1 fully saturated rings. The Kier molecular flexibility index (Phi) is 20.1. The van der Waals surface area contributed by atoms with Crippen molar-refractivity contribution in [2.75, 3.05) is 46.2 Å². The summed E-state index contributed by atoms with van der Waals surface area (Å²) < 4.78 is 17.2. The van der Waals surface area contributed by atoms with E-state index in [1.807, 2.05) is 58.0 Å². The van der Waals surface area contributed by atoms with Crippen molar-refractivity contribution in [1.29, 1.82) is 0 Å². The molecule has 5 N–H and O–H groups in total. The van der Waals surface area contributed by atoms with Crippen molar-refractivity contribution in [3.8, 4) is 0 Å². The molecule has 3 rings (SSSR count). The summed E-state index contributed by atoms with van der Waals surface area (Å²) in [6.45, 7) is 18.6. The summed E-state index contributed by atoms with van der Waals surface area (Å²) in [5.41, 5.74) is -0.921. The quantitative estimate of drug-likeness (QED) is 0.0962. The SMILES string of the molecule is CC[C@H](C)[C@@H]([C@@H](CC(=O)N1CCC[C@H]1[C@H](OC)[C@@H](C)C(=O)N[C@@](C)(Cc1ccccc1)C(=O)O)OC)N(C)C(=O)[C@@H](Nc1nc(C)cc(C(=O)NCCNC(=O)OC(C)(C)C)n1)C(C)C. The van der Waals surface area contributed by atoms with Crippen molar-refractivity contribution in [3.63, 3.8) is 0 Å². The van der Waals surface area contributed by atoms with Gasteiger partial charge in [0, 0.05) is 53.0 Å². The van der Waals surface area contributed by atoms with Crippen molar-refractivity contribution < 1.29 is 48.1 Å². The number of alkyl carbamates (subject to hydrolysis) is 1. The Bertz CT molecular complexity index is 1930. The van der Waals surface area contributed by atoms with Crippen LogP contribution in [0.2, 0.25) is 0 Å². The van der Waals surface area contributed by atoms with Crippen LogP contribution in [0, 0.1) is 24.7 Å². The Morgan fingerprint density at radius 1 is 0.954 bits per heavy atom. The smallest absolute Gasteiger partial charge is 0.407 e. The van der Waals surface area contributed by atoms with E-state index < -0.39 is 71.3 Å². The van der Waals surface area contributed by atoms with Gasteiger partial charge in [0.2, 0.25) is 23.7 Å². The van der Waals surface area contributed by atoms with Gasteiger partial charge in [0.15, 0.2) is 0 Å². The number of aliphatic carboxylic acids is 1. The number of benzene rings is 1.